The topological polar surface area (TPSA) is 75.3 Å². The number of hydrogen-bond acceptors (Lipinski definition) is 4. The van der Waals surface area contributed by atoms with Gasteiger partial charge in [0.25, 0.3) is 5.56 Å². The minimum absolute atomic E-state index is 0.0512. The lowest BCUT2D eigenvalue weighted by atomic mass is 10.1. The van der Waals surface area contributed by atoms with E-state index in [0.717, 1.165) is 29.8 Å². The number of benzene rings is 1. The Morgan fingerprint density at radius 2 is 2.08 bits per heavy atom. The minimum atomic E-state index is -0.160. The maximum atomic E-state index is 12.8. The van der Waals surface area contributed by atoms with Crippen LogP contribution in [0.3, 0.4) is 0 Å². The average molecular weight is 355 g/mol. The molecule has 6 heteroatoms. The number of likely N-dealkylation sites (tertiary alicyclic amines) is 1. The summed E-state index contributed by atoms with van der Waals surface area (Å²) in [7, 11) is 1.62. The van der Waals surface area contributed by atoms with E-state index in [9.17, 15) is 9.59 Å². The molecule has 1 amide bonds. The van der Waals surface area contributed by atoms with Crippen LogP contribution in [-0.2, 0) is 11.2 Å². The number of hydrogen-bond donors (Lipinski definition) is 1. The van der Waals surface area contributed by atoms with Gasteiger partial charge in [0.05, 0.1) is 25.3 Å². The summed E-state index contributed by atoms with van der Waals surface area (Å²) in [5.74, 6) is 1.59. The van der Waals surface area contributed by atoms with E-state index in [1.807, 2.05) is 43.0 Å². The van der Waals surface area contributed by atoms with E-state index in [-0.39, 0.29) is 23.4 Å². The zero-order valence-electron chi connectivity index (χ0n) is 15.5. The fourth-order valence-corrected chi connectivity index (χ4v) is 3.32. The molecule has 2 aromatic rings. The molecule has 1 aromatic carbocycles. The number of carbonyl (C=O) groups excluding carboxylic acids is 1. The summed E-state index contributed by atoms with van der Waals surface area (Å²) in [5, 5.41) is 0. The molecular formula is C20H25N3O3. The normalized spacial score (nSPS) is 16.9. The lowest BCUT2D eigenvalue weighted by molar-refractivity contribution is -0.131. The van der Waals surface area contributed by atoms with E-state index in [0.29, 0.717) is 18.8 Å². The first kappa shape index (κ1) is 18.2. The smallest absolute Gasteiger partial charge is 0.251 e. The third-order valence-corrected chi connectivity index (χ3v) is 4.77. The molecule has 0 spiro atoms. The van der Waals surface area contributed by atoms with E-state index in [4.69, 9.17) is 4.74 Å². The Morgan fingerprint density at radius 1 is 1.35 bits per heavy atom. The molecule has 1 saturated heterocycles. The van der Waals surface area contributed by atoms with Crippen LogP contribution in [0.5, 0.6) is 5.75 Å². The van der Waals surface area contributed by atoms with Gasteiger partial charge < -0.3 is 14.6 Å². The summed E-state index contributed by atoms with van der Waals surface area (Å²) < 4.78 is 5.15. The molecule has 26 heavy (non-hydrogen) atoms. The number of nitrogens with zero attached hydrogens (tertiary/aromatic N) is 2. The van der Waals surface area contributed by atoms with Crippen molar-refractivity contribution in [3.05, 3.63) is 57.8 Å². The predicted octanol–water partition coefficient (Wildman–Crippen LogP) is 2.81. The second kappa shape index (κ2) is 7.72. The second-order valence-corrected chi connectivity index (χ2v) is 6.98. The van der Waals surface area contributed by atoms with Crippen LogP contribution in [0.4, 0.5) is 0 Å². The van der Waals surface area contributed by atoms with Gasteiger partial charge in [-0.1, -0.05) is 26.0 Å². The van der Waals surface area contributed by atoms with Crippen molar-refractivity contribution in [2.75, 3.05) is 13.7 Å². The van der Waals surface area contributed by atoms with E-state index in [1.165, 1.54) is 6.07 Å². The molecule has 1 atom stereocenters. The standard InChI is InChI=1S/C20H25N3O3/c1-13(2)16-12-18(24)22-20(21-16)17-5-4-10-23(17)19(25)11-14-6-8-15(26-3)9-7-14/h6-9,12-13,17H,4-5,10-11H2,1-3H3,(H,21,22,24)/t17-/m0/s1. The molecule has 1 aliphatic rings. The van der Waals surface area contributed by atoms with E-state index in [1.54, 1.807) is 7.11 Å². The van der Waals surface area contributed by atoms with Crippen LogP contribution in [0.2, 0.25) is 0 Å². The molecule has 3 rings (SSSR count). The molecule has 1 aliphatic heterocycles. The lowest BCUT2D eigenvalue weighted by Gasteiger charge is -2.24. The Labute approximate surface area is 153 Å². The van der Waals surface area contributed by atoms with Crippen LogP contribution in [-0.4, -0.2) is 34.4 Å². The summed E-state index contributed by atoms with van der Waals surface area (Å²) >= 11 is 0. The minimum Gasteiger partial charge on any atom is -0.497 e. The van der Waals surface area contributed by atoms with Crippen molar-refractivity contribution in [1.82, 2.24) is 14.9 Å². The number of rotatable bonds is 5. The average Bonchev–Trinajstić information content (AvgIpc) is 3.11. The third-order valence-electron chi connectivity index (χ3n) is 4.77. The molecule has 1 aromatic heterocycles. The monoisotopic (exact) mass is 355 g/mol. The van der Waals surface area contributed by atoms with Crippen molar-refractivity contribution in [2.24, 2.45) is 0 Å². The van der Waals surface area contributed by atoms with Crippen LogP contribution in [0.1, 0.15) is 55.7 Å². The van der Waals surface area contributed by atoms with Gasteiger partial charge in [0.15, 0.2) is 0 Å². The number of amides is 1. The molecular weight excluding hydrogens is 330 g/mol. The van der Waals surface area contributed by atoms with Gasteiger partial charge in [0.2, 0.25) is 5.91 Å². The first-order chi connectivity index (χ1) is 12.5. The van der Waals surface area contributed by atoms with E-state index >= 15 is 0 Å². The highest BCUT2D eigenvalue weighted by Crippen LogP contribution is 2.30. The largest absolute Gasteiger partial charge is 0.497 e. The summed E-state index contributed by atoms with van der Waals surface area (Å²) in [6.45, 7) is 4.70. The van der Waals surface area contributed by atoms with Gasteiger partial charge in [-0.15, -0.1) is 0 Å². The van der Waals surface area contributed by atoms with Crippen molar-refractivity contribution in [1.29, 1.82) is 0 Å². The van der Waals surface area contributed by atoms with Gasteiger partial charge in [-0.05, 0) is 36.5 Å². The number of aromatic amines is 1. The molecule has 1 N–H and O–H groups in total. The van der Waals surface area contributed by atoms with Crippen LogP contribution in [0, 0.1) is 0 Å². The summed E-state index contributed by atoms with van der Waals surface area (Å²) in [6, 6.07) is 8.90. The van der Waals surface area contributed by atoms with Crippen LogP contribution in [0.25, 0.3) is 0 Å². The Kier molecular flexibility index (Phi) is 5.40. The van der Waals surface area contributed by atoms with Crippen LogP contribution >= 0.6 is 0 Å². The number of carbonyl (C=O) groups is 1. The van der Waals surface area contributed by atoms with E-state index < -0.39 is 0 Å². The number of ether oxygens (including phenoxy) is 1. The maximum absolute atomic E-state index is 12.8. The third kappa shape index (κ3) is 3.95. The van der Waals surface area contributed by atoms with Gasteiger partial charge in [0.1, 0.15) is 11.6 Å². The molecule has 0 radical (unpaired) electrons. The predicted molar refractivity (Wildman–Crippen MR) is 99.3 cm³/mol. The molecule has 0 unspecified atom stereocenters. The number of methoxy groups -OCH3 is 1. The van der Waals surface area contributed by atoms with Gasteiger partial charge >= 0.3 is 0 Å². The van der Waals surface area contributed by atoms with Crippen molar-refractivity contribution in [3.8, 4) is 5.75 Å². The Morgan fingerprint density at radius 3 is 2.73 bits per heavy atom. The highest BCUT2D eigenvalue weighted by molar-refractivity contribution is 5.79. The maximum Gasteiger partial charge on any atom is 0.251 e. The van der Waals surface area contributed by atoms with Crippen molar-refractivity contribution in [2.45, 2.75) is 45.1 Å². The zero-order valence-corrected chi connectivity index (χ0v) is 15.5. The SMILES string of the molecule is COc1ccc(CC(=O)N2CCC[C@H]2c2nc(C(C)C)cc(=O)[nH]2)cc1. The lowest BCUT2D eigenvalue weighted by Crippen LogP contribution is -2.33. The quantitative estimate of drug-likeness (QED) is 0.895. The van der Waals surface area contributed by atoms with Crippen molar-refractivity contribution >= 4 is 5.91 Å². The summed E-state index contributed by atoms with van der Waals surface area (Å²) in [6.07, 6.45) is 2.06. The van der Waals surface area contributed by atoms with Gasteiger partial charge in [-0.2, -0.15) is 0 Å². The molecule has 1 fully saturated rings. The summed E-state index contributed by atoms with van der Waals surface area (Å²) in [4.78, 5) is 34.1. The Balaban J connectivity index is 1.79. The first-order valence-electron chi connectivity index (χ1n) is 9.01. The molecule has 6 nitrogen and oxygen atoms in total. The van der Waals surface area contributed by atoms with Crippen molar-refractivity contribution in [3.63, 3.8) is 0 Å². The van der Waals surface area contributed by atoms with Crippen LogP contribution < -0.4 is 10.3 Å². The van der Waals surface area contributed by atoms with Gasteiger partial charge in [-0.3, -0.25) is 9.59 Å². The first-order valence-corrected chi connectivity index (χ1v) is 9.01. The van der Waals surface area contributed by atoms with Gasteiger partial charge in [-0.25, -0.2) is 4.98 Å². The molecule has 2 heterocycles. The molecule has 138 valence electrons. The molecule has 0 aliphatic carbocycles. The molecule has 0 saturated carbocycles. The number of nitrogens with one attached hydrogen (secondary N) is 1. The van der Waals surface area contributed by atoms with Crippen LogP contribution in [0.15, 0.2) is 35.1 Å². The molecule has 0 bridgehead atoms. The Hall–Kier alpha value is -2.63. The van der Waals surface area contributed by atoms with Gasteiger partial charge in [0, 0.05) is 12.6 Å². The Bertz CT molecular complexity index is 827. The number of H-pyrrole nitrogens is 1. The summed E-state index contributed by atoms with van der Waals surface area (Å²) in [5.41, 5.74) is 1.55. The zero-order chi connectivity index (χ0) is 18.7. The highest BCUT2D eigenvalue weighted by Gasteiger charge is 2.31. The van der Waals surface area contributed by atoms with E-state index in [2.05, 4.69) is 9.97 Å². The fraction of sp³-hybridized carbons (Fsp3) is 0.450. The fourth-order valence-electron chi connectivity index (χ4n) is 3.32. The number of aromatic nitrogens is 2. The van der Waals surface area contributed by atoms with Crippen molar-refractivity contribution < 1.29 is 9.53 Å². The highest BCUT2D eigenvalue weighted by atomic mass is 16.5. The second-order valence-electron chi connectivity index (χ2n) is 6.98.